The van der Waals surface area contributed by atoms with Gasteiger partial charge in [0.05, 0.1) is 11.4 Å². The zero-order chi connectivity index (χ0) is 23.4. The van der Waals surface area contributed by atoms with Gasteiger partial charge in [0.2, 0.25) is 15.9 Å². The maximum atomic E-state index is 12.4. The van der Waals surface area contributed by atoms with Crippen molar-refractivity contribution in [1.82, 2.24) is 19.5 Å². The highest BCUT2D eigenvalue weighted by Crippen LogP contribution is 2.24. The van der Waals surface area contributed by atoms with Crippen molar-refractivity contribution in [3.8, 4) is 11.4 Å². The molecule has 0 fully saturated rings. The summed E-state index contributed by atoms with van der Waals surface area (Å²) in [6.45, 7) is 1.88. The van der Waals surface area contributed by atoms with Crippen molar-refractivity contribution in [2.75, 3.05) is 11.9 Å². The molecule has 2 heterocycles. The number of nitrogens with one attached hydrogen (secondary N) is 2. The third-order valence-corrected chi connectivity index (χ3v) is 6.95. The fourth-order valence-electron chi connectivity index (χ4n) is 3.72. The minimum Gasteiger partial charge on any atom is -0.325 e. The molecule has 1 amide bonds. The minimum absolute atomic E-state index is 0.0166. The van der Waals surface area contributed by atoms with Gasteiger partial charge in [0.1, 0.15) is 5.82 Å². The molecule has 2 aromatic carbocycles. The van der Waals surface area contributed by atoms with Crippen molar-refractivity contribution in [1.29, 1.82) is 0 Å². The summed E-state index contributed by atoms with van der Waals surface area (Å²) in [5.41, 5.74) is 1.87. The van der Waals surface area contributed by atoms with Gasteiger partial charge in [-0.05, 0) is 56.2 Å². The largest absolute Gasteiger partial charge is 0.325 e. The van der Waals surface area contributed by atoms with Gasteiger partial charge < -0.3 is 9.88 Å². The van der Waals surface area contributed by atoms with E-state index in [9.17, 15) is 18.0 Å². The minimum atomic E-state index is -3.88. The van der Waals surface area contributed by atoms with Gasteiger partial charge in [-0.15, -0.1) is 10.2 Å². The molecular weight excluding hydrogens is 442 g/mol. The van der Waals surface area contributed by atoms with Crippen LogP contribution in [0, 0.1) is 0 Å². The van der Waals surface area contributed by atoms with E-state index in [1.165, 1.54) is 37.6 Å². The van der Waals surface area contributed by atoms with Crippen LogP contribution >= 0.6 is 0 Å². The number of fused-ring (bicyclic) bond motifs is 1. The van der Waals surface area contributed by atoms with Crippen molar-refractivity contribution in [3.05, 3.63) is 59.9 Å². The zero-order valence-corrected chi connectivity index (χ0v) is 19.1. The molecule has 2 N–H and O–H groups in total. The number of rotatable bonds is 7. The van der Waals surface area contributed by atoms with E-state index in [1.54, 1.807) is 12.1 Å². The van der Waals surface area contributed by atoms with Gasteiger partial charge in [-0.25, -0.2) is 13.1 Å². The molecule has 0 radical (unpaired) electrons. The van der Waals surface area contributed by atoms with Gasteiger partial charge >= 0.3 is 0 Å². The number of ketones is 1. The van der Waals surface area contributed by atoms with E-state index in [1.807, 2.05) is 12.1 Å². The van der Waals surface area contributed by atoms with Gasteiger partial charge in [-0.3, -0.25) is 9.59 Å². The molecular formula is C23H25N5O4S. The third kappa shape index (κ3) is 5.35. The number of Topliss-reactive ketones (excluding diaryl/α,β-unsaturated/α-hetero) is 1. The van der Waals surface area contributed by atoms with Crippen LogP contribution in [0.25, 0.3) is 11.4 Å². The molecule has 10 heteroatoms. The molecule has 1 aliphatic heterocycles. The number of benzene rings is 2. The van der Waals surface area contributed by atoms with Gasteiger partial charge in [-0.2, -0.15) is 0 Å². The fraction of sp³-hybridized carbons (Fsp3) is 0.304. The first-order valence-corrected chi connectivity index (χ1v) is 12.2. The van der Waals surface area contributed by atoms with Crippen LogP contribution < -0.4 is 10.0 Å². The van der Waals surface area contributed by atoms with Crippen LogP contribution in [0.2, 0.25) is 0 Å². The van der Waals surface area contributed by atoms with E-state index in [-0.39, 0.29) is 10.7 Å². The quantitative estimate of drug-likeness (QED) is 0.515. The lowest BCUT2D eigenvalue weighted by atomic mass is 10.2. The topological polar surface area (TPSA) is 123 Å². The number of sulfonamides is 1. The molecule has 0 bridgehead atoms. The van der Waals surface area contributed by atoms with Crippen LogP contribution in [-0.2, 0) is 27.8 Å². The number of nitrogens with zero attached hydrogens (tertiary/aromatic N) is 3. The van der Waals surface area contributed by atoms with Crippen LogP contribution in [0.3, 0.4) is 0 Å². The molecule has 0 atom stereocenters. The molecule has 9 nitrogen and oxygen atoms in total. The van der Waals surface area contributed by atoms with Crippen molar-refractivity contribution in [3.63, 3.8) is 0 Å². The Morgan fingerprint density at radius 3 is 2.39 bits per heavy atom. The normalized spacial score (nSPS) is 13.7. The predicted molar refractivity (Wildman–Crippen MR) is 123 cm³/mol. The Balaban J connectivity index is 1.36. The lowest BCUT2D eigenvalue weighted by Gasteiger charge is -2.10. The van der Waals surface area contributed by atoms with Gasteiger partial charge in [0, 0.05) is 29.8 Å². The van der Waals surface area contributed by atoms with E-state index < -0.39 is 22.5 Å². The van der Waals surface area contributed by atoms with E-state index in [0.29, 0.717) is 11.3 Å². The van der Waals surface area contributed by atoms with E-state index >= 15 is 0 Å². The molecule has 172 valence electrons. The van der Waals surface area contributed by atoms with Crippen molar-refractivity contribution >= 4 is 27.4 Å². The first-order chi connectivity index (χ1) is 15.8. The van der Waals surface area contributed by atoms with Crippen LogP contribution in [0.4, 0.5) is 5.69 Å². The molecule has 0 aliphatic carbocycles. The zero-order valence-electron chi connectivity index (χ0n) is 18.2. The van der Waals surface area contributed by atoms with Gasteiger partial charge in [0.25, 0.3) is 0 Å². The predicted octanol–water partition coefficient (Wildman–Crippen LogP) is 2.79. The van der Waals surface area contributed by atoms with Crippen LogP contribution in [0.1, 0.15) is 42.4 Å². The first-order valence-electron chi connectivity index (χ1n) is 10.8. The number of anilines is 1. The Bertz CT molecular complexity index is 1270. The van der Waals surface area contributed by atoms with E-state index in [4.69, 9.17) is 0 Å². The molecule has 0 spiro atoms. The van der Waals surface area contributed by atoms with Gasteiger partial charge in [0.15, 0.2) is 11.6 Å². The van der Waals surface area contributed by atoms with Crippen LogP contribution in [0.15, 0.2) is 53.4 Å². The maximum Gasteiger partial charge on any atom is 0.241 e. The standard InChI is InChI=1S/C23H25N5O4S/c1-16(29)17-8-12-20(13-9-17)33(31,32)24-15-22(30)25-19-10-6-18(7-11-19)23-27-26-21-5-3-2-4-14-28(21)23/h6-13,24H,2-5,14-15H2,1H3,(H,25,30). The number of carbonyl (C=O) groups excluding carboxylic acids is 2. The van der Waals surface area contributed by atoms with Crippen LogP contribution in [-0.4, -0.2) is 41.4 Å². The Morgan fingerprint density at radius 1 is 0.970 bits per heavy atom. The highest BCUT2D eigenvalue weighted by atomic mass is 32.2. The Labute approximate surface area is 192 Å². The van der Waals surface area contributed by atoms with Crippen molar-refractivity contribution in [2.24, 2.45) is 0 Å². The lowest BCUT2D eigenvalue weighted by Crippen LogP contribution is -2.32. The molecule has 1 aliphatic rings. The number of hydrogen-bond acceptors (Lipinski definition) is 6. The second-order valence-electron chi connectivity index (χ2n) is 7.93. The third-order valence-electron chi connectivity index (χ3n) is 5.53. The van der Waals surface area contributed by atoms with E-state index in [2.05, 4.69) is 24.8 Å². The summed E-state index contributed by atoms with van der Waals surface area (Å²) in [5, 5.41) is 11.3. The summed E-state index contributed by atoms with van der Waals surface area (Å²) < 4.78 is 29.2. The SMILES string of the molecule is CC(=O)c1ccc(S(=O)(=O)NCC(=O)Nc2ccc(-c3nnc4n3CCCCC4)cc2)cc1. The Hall–Kier alpha value is -3.37. The monoisotopic (exact) mass is 467 g/mol. The smallest absolute Gasteiger partial charge is 0.241 e. The van der Waals surface area contributed by atoms with Crippen molar-refractivity contribution < 1.29 is 18.0 Å². The molecule has 0 unspecified atom stereocenters. The summed E-state index contributed by atoms with van der Waals surface area (Å²) in [7, 11) is -3.88. The van der Waals surface area contributed by atoms with Crippen molar-refractivity contribution in [2.45, 2.75) is 44.0 Å². The average molecular weight is 468 g/mol. The second-order valence-corrected chi connectivity index (χ2v) is 9.70. The lowest BCUT2D eigenvalue weighted by molar-refractivity contribution is -0.115. The number of aryl methyl sites for hydroxylation is 1. The molecule has 4 rings (SSSR count). The Kier molecular flexibility index (Phi) is 6.66. The van der Waals surface area contributed by atoms with E-state index in [0.717, 1.165) is 43.0 Å². The number of aromatic nitrogens is 3. The molecule has 0 saturated carbocycles. The summed E-state index contributed by atoms with van der Waals surface area (Å²) in [4.78, 5) is 23.6. The second kappa shape index (κ2) is 9.63. The molecule has 3 aromatic rings. The summed E-state index contributed by atoms with van der Waals surface area (Å²) in [5.74, 6) is 1.16. The summed E-state index contributed by atoms with van der Waals surface area (Å²) in [6, 6.07) is 12.8. The number of amides is 1. The molecule has 33 heavy (non-hydrogen) atoms. The first kappa shape index (κ1) is 22.8. The fourth-order valence-corrected chi connectivity index (χ4v) is 4.70. The molecule has 1 aromatic heterocycles. The summed E-state index contributed by atoms with van der Waals surface area (Å²) in [6.07, 6.45) is 4.33. The highest BCUT2D eigenvalue weighted by molar-refractivity contribution is 7.89. The van der Waals surface area contributed by atoms with Gasteiger partial charge in [-0.1, -0.05) is 18.6 Å². The average Bonchev–Trinajstić information content (AvgIpc) is 3.06. The number of hydrogen-bond donors (Lipinski definition) is 2. The molecule has 0 saturated heterocycles. The number of carbonyl (C=O) groups is 2. The highest BCUT2D eigenvalue weighted by Gasteiger charge is 2.17. The van der Waals surface area contributed by atoms with Crippen LogP contribution in [0.5, 0.6) is 0 Å². The Morgan fingerprint density at radius 2 is 1.70 bits per heavy atom. The maximum absolute atomic E-state index is 12.4. The summed E-state index contributed by atoms with van der Waals surface area (Å²) >= 11 is 0.